The lowest BCUT2D eigenvalue weighted by Crippen LogP contribution is -2.34. The van der Waals surface area contributed by atoms with Crippen LogP contribution in [0.3, 0.4) is 0 Å². The topological polar surface area (TPSA) is 74.6 Å². The Bertz CT molecular complexity index is 435. The molecular weight excluding hydrogens is 232 g/mol. The lowest BCUT2D eigenvalue weighted by atomic mass is 9.65. The first-order valence-corrected chi connectivity index (χ1v) is 6.38. The van der Waals surface area contributed by atoms with Crippen molar-refractivity contribution in [1.82, 2.24) is 0 Å². The Morgan fingerprint density at radius 1 is 1.22 bits per heavy atom. The Morgan fingerprint density at radius 2 is 1.83 bits per heavy atom. The van der Waals surface area contributed by atoms with Crippen LogP contribution in [0.4, 0.5) is 0 Å². The summed E-state index contributed by atoms with van der Waals surface area (Å²) in [5.41, 5.74) is 0.0578. The molecule has 0 amide bonds. The van der Waals surface area contributed by atoms with Gasteiger partial charge in [0.05, 0.1) is 0 Å². The minimum absolute atomic E-state index is 0.0697. The molecule has 0 saturated heterocycles. The number of carbonyl (C=O) groups is 2. The van der Waals surface area contributed by atoms with Crippen molar-refractivity contribution in [3.8, 4) is 0 Å². The summed E-state index contributed by atoms with van der Waals surface area (Å²) in [5.74, 6) is -1.90. The van der Waals surface area contributed by atoms with E-state index in [0.717, 1.165) is 25.3 Å². The summed E-state index contributed by atoms with van der Waals surface area (Å²) in [5, 5.41) is 18.1. The molecule has 2 fully saturated rings. The molecule has 0 aromatic heterocycles. The third kappa shape index (κ3) is 1.58. The summed E-state index contributed by atoms with van der Waals surface area (Å²) in [4.78, 5) is 22.1. The van der Waals surface area contributed by atoms with Crippen molar-refractivity contribution in [2.75, 3.05) is 0 Å². The molecule has 3 unspecified atom stereocenters. The van der Waals surface area contributed by atoms with E-state index in [1.54, 1.807) is 0 Å². The maximum Gasteiger partial charge on any atom is 0.332 e. The quantitative estimate of drug-likeness (QED) is 0.757. The van der Waals surface area contributed by atoms with Crippen LogP contribution in [0.5, 0.6) is 0 Å². The highest BCUT2D eigenvalue weighted by molar-refractivity contribution is 5.95. The molecule has 2 bridgehead atoms. The van der Waals surface area contributed by atoms with Gasteiger partial charge in [0.25, 0.3) is 0 Å². The second-order valence-corrected chi connectivity index (χ2v) is 6.41. The van der Waals surface area contributed by atoms with Crippen molar-refractivity contribution in [1.29, 1.82) is 0 Å². The van der Waals surface area contributed by atoms with E-state index in [9.17, 15) is 14.7 Å². The van der Waals surface area contributed by atoms with Gasteiger partial charge in [-0.3, -0.25) is 0 Å². The first-order valence-electron chi connectivity index (χ1n) is 6.38. The van der Waals surface area contributed by atoms with Crippen LogP contribution in [0, 0.1) is 22.7 Å². The highest BCUT2D eigenvalue weighted by Crippen LogP contribution is 2.69. The predicted molar refractivity (Wildman–Crippen MR) is 66.1 cm³/mol. The zero-order valence-corrected chi connectivity index (χ0v) is 11.1. The van der Waals surface area contributed by atoms with Crippen molar-refractivity contribution >= 4 is 11.9 Å². The molecular formula is C14H20O4. The lowest BCUT2D eigenvalue weighted by molar-refractivity contribution is -0.136. The second kappa shape index (κ2) is 3.84. The second-order valence-electron chi connectivity index (χ2n) is 6.41. The van der Waals surface area contributed by atoms with E-state index in [0.29, 0.717) is 5.92 Å². The molecule has 2 rings (SSSR count). The van der Waals surface area contributed by atoms with Gasteiger partial charge >= 0.3 is 11.9 Å². The van der Waals surface area contributed by atoms with Gasteiger partial charge in [-0.1, -0.05) is 20.8 Å². The third-order valence-corrected chi connectivity index (χ3v) is 5.70. The molecule has 2 saturated carbocycles. The molecule has 2 aliphatic rings. The largest absolute Gasteiger partial charge is 0.478 e. The fourth-order valence-electron chi connectivity index (χ4n) is 4.12. The Hall–Kier alpha value is -1.32. The van der Waals surface area contributed by atoms with Crippen molar-refractivity contribution in [2.24, 2.45) is 22.7 Å². The normalized spacial score (nSPS) is 37.8. The minimum Gasteiger partial charge on any atom is -0.478 e. The summed E-state index contributed by atoms with van der Waals surface area (Å²) >= 11 is 0. The smallest absolute Gasteiger partial charge is 0.332 e. The van der Waals surface area contributed by atoms with Gasteiger partial charge in [0.1, 0.15) is 0 Å². The van der Waals surface area contributed by atoms with E-state index in [1.807, 2.05) is 0 Å². The van der Waals surface area contributed by atoms with Crippen LogP contribution < -0.4 is 0 Å². The van der Waals surface area contributed by atoms with Crippen molar-refractivity contribution in [3.05, 3.63) is 11.6 Å². The van der Waals surface area contributed by atoms with E-state index in [2.05, 4.69) is 20.8 Å². The van der Waals surface area contributed by atoms with Crippen LogP contribution in [-0.2, 0) is 9.59 Å². The highest BCUT2D eigenvalue weighted by Gasteiger charge is 2.62. The SMILES string of the molecule is CC1(C)C2CCC1(C)C(C(=CC(=O)O)C(=O)O)C2. The van der Waals surface area contributed by atoms with Crippen molar-refractivity contribution < 1.29 is 19.8 Å². The lowest BCUT2D eigenvalue weighted by Gasteiger charge is -2.39. The van der Waals surface area contributed by atoms with Gasteiger partial charge in [0.15, 0.2) is 0 Å². The van der Waals surface area contributed by atoms with Gasteiger partial charge < -0.3 is 10.2 Å². The van der Waals surface area contributed by atoms with Crippen molar-refractivity contribution in [2.45, 2.75) is 40.0 Å². The van der Waals surface area contributed by atoms with Gasteiger partial charge in [-0.25, -0.2) is 9.59 Å². The molecule has 4 heteroatoms. The molecule has 2 aliphatic carbocycles. The van der Waals surface area contributed by atoms with Crippen LogP contribution >= 0.6 is 0 Å². The third-order valence-electron chi connectivity index (χ3n) is 5.70. The molecule has 0 heterocycles. The molecule has 2 N–H and O–H groups in total. The Balaban J connectivity index is 2.42. The number of hydrogen-bond donors (Lipinski definition) is 2. The number of hydrogen-bond acceptors (Lipinski definition) is 2. The Morgan fingerprint density at radius 3 is 2.17 bits per heavy atom. The van der Waals surface area contributed by atoms with Crippen molar-refractivity contribution in [3.63, 3.8) is 0 Å². The van der Waals surface area contributed by atoms with Crippen LogP contribution in [0.15, 0.2) is 11.6 Å². The highest BCUT2D eigenvalue weighted by atomic mass is 16.4. The molecule has 0 spiro atoms. The maximum absolute atomic E-state index is 11.3. The number of aliphatic carboxylic acids is 2. The number of rotatable bonds is 3. The van der Waals surface area contributed by atoms with E-state index in [4.69, 9.17) is 5.11 Å². The first kappa shape index (κ1) is 13.1. The first-order chi connectivity index (χ1) is 8.20. The standard InChI is InChI=1S/C14H20O4/c1-13(2)8-4-5-14(13,3)10(6-8)9(12(17)18)7-11(15)16/h7-8,10H,4-6H2,1-3H3,(H,15,16)(H,17,18). The Labute approximate surface area is 107 Å². The molecule has 0 radical (unpaired) electrons. The molecule has 0 aromatic rings. The summed E-state index contributed by atoms with van der Waals surface area (Å²) in [6.45, 7) is 6.49. The number of carboxylic acids is 2. The Kier molecular flexibility index (Phi) is 2.80. The monoisotopic (exact) mass is 252 g/mol. The zero-order valence-electron chi connectivity index (χ0n) is 11.1. The molecule has 0 aromatic carbocycles. The molecule has 4 nitrogen and oxygen atoms in total. The average molecular weight is 252 g/mol. The summed E-state index contributed by atoms with van der Waals surface area (Å²) in [6, 6.07) is 0. The number of carboxylic acid groups (broad SMARTS) is 2. The van der Waals surface area contributed by atoms with Gasteiger partial charge in [0, 0.05) is 11.6 Å². The van der Waals surface area contributed by atoms with Gasteiger partial charge in [-0.05, 0) is 41.9 Å². The molecule has 18 heavy (non-hydrogen) atoms. The van der Waals surface area contributed by atoms with Gasteiger partial charge in [-0.15, -0.1) is 0 Å². The van der Waals surface area contributed by atoms with E-state index >= 15 is 0 Å². The van der Waals surface area contributed by atoms with Crippen LogP contribution in [0.2, 0.25) is 0 Å². The molecule has 100 valence electrons. The fourth-order valence-corrected chi connectivity index (χ4v) is 4.12. The molecule has 0 aliphatic heterocycles. The maximum atomic E-state index is 11.3. The number of fused-ring (bicyclic) bond motifs is 2. The summed E-state index contributed by atoms with van der Waals surface area (Å²) in [7, 11) is 0. The van der Waals surface area contributed by atoms with Crippen LogP contribution in [0.25, 0.3) is 0 Å². The van der Waals surface area contributed by atoms with Gasteiger partial charge in [-0.2, -0.15) is 0 Å². The summed E-state index contributed by atoms with van der Waals surface area (Å²) in [6.07, 6.45) is 3.80. The molecule has 3 atom stereocenters. The van der Waals surface area contributed by atoms with E-state index in [1.165, 1.54) is 0 Å². The van der Waals surface area contributed by atoms with Crippen LogP contribution in [0.1, 0.15) is 40.0 Å². The zero-order chi connectivity index (χ0) is 13.7. The van der Waals surface area contributed by atoms with Crippen LogP contribution in [-0.4, -0.2) is 22.2 Å². The fraction of sp³-hybridized carbons (Fsp3) is 0.714. The predicted octanol–water partition coefficient (Wildman–Crippen LogP) is 2.54. The minimum atomic E-state index is -1.17. The van der Waals surface area contributed by atoms with Gasteiger partial charge in [0.2, 0.25) is 0 Å². The van der Waals surface area contributed by atoms with E-state index in [-0.39, 0.29) is 22.3 Å². The summed E-state index contributed by atoms with van der Waals surface area (Å²) < 4.78 is 0. The average Bonchev–Trinajstić information content (AvgIpc) is 2.57. The van der Waals surface area contributed by atoms with E-state index < -0.39 is 11.9 Å².